The number of nitrogens with zero attached hydrogens (tertiary/aromatic N) is 3. The Morgan fingerprint density at radius 3 is 1.22 bits per heavy atom. The second-order valence-electron chi connectivity index (χ2n) is 17.9. The van der Waals surface area contributed by atoms with Gasteiger partial charge in [0.1, 0.15) is 0 Å². The molecule has 2 saturated carbocycles. The molecule has 0 radical (unpaired) electrons. The zero-order valence-corrected chi connectivity index (χ0v) is 31.8. The van der Waals surface area contributed by atoms with E-state index in [2.05, 4.69) is 34.3 Å². The molecular formula is C45H51N3O6. The molecule has 6 heterocycles. The van der Waals surface area contributed by atoms with Crippen molar-refractivity contribution in [1.29, 1.82) is 0 Å². The van der Waals surface area contributed by atoms with Gasteiger partial charge in [0.2, 0.25) is 11.8 Å². The van der Waals surface area contributed by atoms with Gasteiger partial charge in [-0.05, 0) is 36.5 Å². The summed E-state index contributed by atoms with van der Waals surface area (Å²) in [5, 5.41) is 0. The van der Waals surface area contributed by atoms with Gasteiger partial charge < -0.3 is 28.9 Å². The molecule has 282 valence electrons. The molecule has 8 fully saturated rings. The number of hydrogen-bond acceptors (Lipinski definition) is 6. The van der Waals surface area contributed by atoms with Crippen molar-refractivity contribution in [3.63, 3.8) is 0 Å². The number of carbonyl (C=O) groups excluding carboxylic acids is 3. The van der Waals surface area contributed by atoms with Gasteiger partial charge in [-0.15, -0.1) is 0 Å². The van der Waals surface area contributed by atoms with Gasteiger partial charge in [0, 0.05) is 28.7 Å². The first-order valence-electron chi connectivity index (χ1n) is 19.5. The standard InChI is InChI=1S/2C16H19NO2.C13H13NO2/c2*1-15(2)10-16(15)8-12-9-19-13(17(12)14(16)18)11-6-4-3-5-7-11;1-9-7-11-8-16-13(14(11)12(9)15)10-5-3-2-4-6-10/h2*3-7,12-13H,8-10H2,1-2H3;2-6,11,13H,1,7-8H2/t2*12?,13-,16?;11?,13-/m111/s1. The summed E-state index contributed by atoms with van der Waals surface area (Å²) in [5.41, 5.74) is 4.10. The highest BCUT2D eigenvalue weighted by Crippen LogP contribution is 2.72. The molecule has 6 aliphatic heterocycles. The second-order valence-corrected chi connectivity index (χ2v) is 17.9. The number of fused-ring (bicyclic) bond motifs is 3. The Balaban J connectivity index is 0.000000107. The van der Waals surface area contributed by atoms with Crippen molar-refractivity contribution >= 4 is 17.7 Å². The van der Waals surface area contributed by atoms with Crippen molar-refractivity contribution in [2.24, 2.45) is 21.7 Å². The number of hydrogen-bond donors (Lipinski definition) is 0. The van der Waals surface area contributed by atoms with Crippen LogP contribution < -0.4 is 0 Å². The monoisotopic (exact) mass is 729 g/mol. The highest BCUT2D eigenvalue weighted by atomic mass is 16.5. The third-order valence-corrected chi connectivity index (χ3v) is 13.8. The molecule has 0 bridgehead atoms. The minimum absolute atomic E-state index is 0.0383. The van der Waals surface area contributed by atoms with Gasteiger partial charge in [0.05, 0.1) is 48.8 Å². The molecule has 11 rings (SSSR count). The van der Waals surface area contributed by atoms with Crippen LogP contribution in [-0.2, 0) is 28.6 Å². The number of ether oxygens (including phenoxy) is 3. The Labute approximate surface area is 318 Å². The summed E-state index contributed by atoms with van der Waals surface area (Å²) in [4.78, 5) is 43.4. The van der Waals surface area contributed by atoms with Crippen molar-refractivity contribution in [3.8, 4) is 0 Å². The summed E-state index contributed by atoms with van der Waals surface area (Å²) < 4.78 is 17.4. The maximum absolute atomic E-state index is 12.8. The summed E-state index contributed by atoms with van der Waals surface area (Å²) in [6, 6.07) is 30.8. The van der Waals surface area contributed by atoms with Crippen LogP contribution in [0, 0.1) is 21.7 Å². The predicted molar refractivity (Wildman–Crippen MR) is 202 cm³/mol. The zero-order valence-electron chi connectivity index (χ0n) is 31.8. The highest BCUT2D eigenvalue weighted by molar-refractivity contribution is 5.96. The van der Waals surface area contributed by atoms with E-state index in [4.69, 9.17) is 14.2 Å². The SMILES string of the molecule is C=C1CC2CO[C@H](c3ccccc3)N2C1=O.CC1(C)CC12CC1CO[C@H](c3ccccc3)N1C2=O.CC1(C)CC12CC1CO[C@H](c3ccccc3)N1C2=O. The van der Waals surface area contributed by atoms with E-state index in [0.29, 0.717) is 37.2 Å². The molecule has 3 aromatic carbocycles. The van der Waals surface area contributed by atoms with Crippen LogP contribution in [0.2, 0.25) is 0 Å². The van der Waals surface area contributed by atoms with Crippen LogP contribution in [0.4, 0.5) is 0 Å². The molecule has 3 aromatic rings. The predicted octanol–water partition coefficient (Wildman–Crippen LogP) is 7.34. The lowest BCUT2D eigenvalue weighted by atomic mass is 9.92. The molecule has 3 amide bonds. The third kappa shape index (κ3) is 5.40. The maximum Gasteiger partial charge on any atom is 0.251 e. The van der Waals surface area contributed by atoms with Crippen LogP contribution in [0.15, 0.2) is 103 Å². The third-order valence-electron chi connectivity index (χ3n) is 13.8. The van der Waals surface area contributed by atoms with Gasteiger partial charge in [-0.2, -0.15) is 0 Å². The highest BCUT2D eigenvalue weighted by Gasteiger charge is 2.74. The van der Waals surface area contributed by atoms with E-state index in [1.54, 1.807) is 0 Å². The Hall–Kier alpha value is -4.31. The van der Waals surface area contributed by atoms with Gasteiger partial charge in [0.15, 0.2) is 18.7 Å². The fourth-order valence-electron chi connectivity index (χ4n) is 10.5. The quantitative estimate of drug-likeness (QED) is 0.263. The average Bonchev–Trinajstić information content (AvgIpc) is 3.65. The smallest absolute Gasteiger partial charge is 0.251 e. The van der Waals surface area contributed by atoms with Crippen molar-refractivity contribution < 1.29 is 28.6 Å². The molecule has 5 unspecified atom stereocenters. The van der Waals surface area contributed by atoms with Crippen molar-refractivity contribution in [3.05, 3.63) is 120 Å². The van der Waals surface area contributed by atoms with Crippen molar-refractivity contribution in [2.75, 3.05) is 19.8 Å². The largest absolute Gasteiger partial charge is 0.352 e. The topological polar surface area (TPSA) is 88.6 Å². The number of benzene rings is 3. The molecule has 2 spiro atoms. The molecule has 0 aromatic heterocycles. The lowest BCUT2D eigenvalue weighted by Crippen LogP contribution is -2.33. The first kappa shape index (κ1) is 35.4. The van der Waals surface area contributed by atoms with E-state index >= 15 is 0 Å². The van der Waals surface area contributed by atoms with E-state index in [0.717, 1.165) is 48.8 Å². The maximum atomic E-state index is 12.8. The summed E-state index contributed by atoms with van der Waals surface area (Å²) in [5.74, 6) is 0.666. The van der Waals surface area contributed by atoms with Crippen molar-refractivity contribution in [1.82, 2.24) is 14.7 Å². The Kier molecular flexibility index (Phi) is 8.27. The summed E-state index contributed by atoms with van der Waals surface area (Å²) in [7, 11) is 0. The average molecular weight is 730 g/mol. The first-order valence-corrected chi connectivity index (χ1v) is 19.5. The van der Waals surface area contributed by atoms with E-state index in [1.165, 1.54) is 0 Å². The first-order chi connectivity index (χ1) is 25.9. The normalized spacial score (nSPS) is 35.8. The molecule has 9 heteroatoms. The lowest BCUT2D eigenvalue weighted by molar-refractivity contribution is -0.140. The second kappa shape index (κ2) is 12.6. The molecule has 0 N–H and O–H groups in total. The van der Waals surface area contributed by atoms with E-state index < -0.39 is 0 Å². The fraction of sp³-hybridized carbons (Fsp3) is 0.489. The van der Waals surface area contributed by atoms with Crippen LogP contribution in [0.25, 0.3) is 0 Å². The Morgan fingerprint density at radius 2 is 0.870 bits per heavy atom. The minimum Gasteiger partial charge on any atom is -0.352 e. The molecule has 9 nitrogen and oxygen atoms in total. The number of amides is 3. The van der Waals surface area contributed by atoms with Crippen molar-refractivity contribution in [2.45, 2.75) is 96.6 Å². The molecular weight excluding hydrogens is 679 g/mol. The van der Waals surface area contributed by atoms with E-state index in [1.807, 2.05) is 106 Å². The summed E-state index contributed by atoms with van der Waals surface area (Å²) in [6.45, 7) is 14.6. The molecule has 8 atom stereocenters. The number of carbonyl (C=O) groups is 3. The molecule has 2 aliphatic carbocycles. The van der Waals surface area contributed by atoms with Gasteiger partial charge in [0.25, 0.3) is 5.91 Å². The molecule has 54 heavy (non-hydrogen) atoms. The Morgan fingerprint density at radius 1 is 0.537 bits per heavy atom. The zero-order chi connectivity index (χ0) is 37.6. The summed E-state index contributed by atoms with van der Waals surface area (Å²) in [6.07, 6.45) is 4.19. The van der Waals surface area contributed by atoms with Gasteiger partial charge in [-0.1, -0.05) is 125 Å². The van der Waals surface area contributed by atoms with Crippen LogP contribution in [0.5, 0.6) is 0 Å². The van der Waals surface area contributed by atoms with Gasteiger partial charge in [-0.25, -0.2) is 0 Å². The lowest BCUT2D eigenvalue weighted by Gasteiger charge is -2.23. The van der Waals surface area contributed by atoms with E-state index in [-0.39, 0.29) is 64.4 Å². The summed E-state index contributed by atoms with van der Waals surface area (Å²) >= 11 is 0. The number of rotatable bonds is 3. The Bertz CT molecular complexity index is 1870. The van der Waals surface area contributed by atoms with Crippen LogP contribution in [-0.4, -0.2) is 70.4 Å². The molecule has 6 saturated heterocycles. The van der Waals surface area contributed by atoms with Crippen LogP contribution >= 0.6 is 0 Å². The molecule has 8 aliphatic rings. The van der Waals surface area contributed by atoms with E-state index in [9.17, 15) is 14.4 Å². The minimum atomic E-state index is -0.224. The van der Waals surface area contributed by atoms with Gasteiger partial charge >= 0.3 is 0 Å². The fourth-order valence-corrected chi connectivity index (χ4v) is 10.5. The van der Waals surface area contributed by atoms with Crippen LogP contribution in [0.3, 0.4) is 0 Å². The van der Waals surface area contributed by atoms with Crippen LogP contribution in [0.1, 0.15) is 95.2 Å². The van der Waals surface area contributed by atoms with Gasteiger partial charge in [-0.3, -0.25) is 14.4 Å².